The molecule has 0 unspecified atom stereocenters. The van der Waals surface area contributed by atoms with Crippen LogP contribution in [-0.2, 0) is 16.3 Å². The molecule has 45 heavy (non-hydrogen) atoms. The predicted octanol–water partition coefficient (Wildman–Crippen LogP) is 12.1. The zero-order valence-electron chi connectivity index (χ0n) is 27.1. The SMILES string of the molecule is CCCCC1(CCCC)c2cc(C(=O)CCC3CCCCC3)ccc2-c2ccc([S+]3c4ccccc4Oc4ccccc43)cc21. The first kappa shape index (κ1) is 30.4. The number of carbonyl (C=O) groups excluding carboxylic acids is 1. The highest BCUT2D eigenvalue weighted by Gasteiger charge is 2.45. The molecule has 1 fully saturated rings. The Labute approximate surface area is 273 Å². The maximum atomic E-state index is 13.7. The Bertz CT molecular complexity index is 1630. The van der Waals surface area contributed by atoms with E-state index in [9.17, 15) is 4.79 Å². The van der Waals surface area contributed by atoms with Crippen LogP contribution in [0.1, 0.15) is 119 Å². The maximum Gasteiger partial charge on any atom is 0.209 e. The molecule has 0 radical (unpaired) electrons. The van der Waals surface area contributed by atoms with Crippen LogP contribution in [0.3, 0.4) is 0 Å². The first-order valence-electron chi connectivity index (χ1n) is 17.6. The number of rotatable bonds is 11. The van der Waals surface area contributed by atoms with Crippen molar-refractivity contribution in [1.82, 2.24) is 0 Å². The Hall–Kier alpha value is -3.30. The van der Waals surface area contributed by atoms with Gasteiger partial charge in [0.15, 0.2) is 22.2 Å². The second-order valence-electron chi connectivity index (χ2n) is 13.5. The van der Waals surface area contributed by atoms with Crippen molar-refractivity contribution >= 4 is 16.7 Å². The average Bonchev–Trinajstić information content (AvgIpc) is 3.36. The summed E-state index contributed by atoms with van der Waals surface area (Å²) in [7, 11) is -0.257. The topological polar surface area (TPSA) is 26.3 Å². The molecule has 4 aromatic rings. The normalized spacial score (nSPS) is 16.8. The van der Waals surface area contributed by atoms with Gasteiger partial charge in [-0.2, -0.15) is 0 Å². The molecule has 0 bridgehead atoms. The van der Waals surface area contributed by atoms with E-state index in [1.54, 1.807) is 0 Å². The van der Waals surface area contributed by atoms with Gasteiger partial charge in [0, 0.05) is 17.4 Å². The van der Waals surface area contributed by atoms with Crippen molar-refractivity contribution in [1.29, 1.82) is 0 Å². The molecule has 0 aromatic heterocycles. The highest BCUT2D eigenvalue weighted by Crippen LogP contribution is 2.56. The first-order valence-corrected chi connectivity index (χ1v) is 18.8. The van der Waals surface area contributed by atoms with Crippen LogP contribution in [0.15, 0.2) is 99.6 Å². The minimum absolute atomic E-state index is 0.0684. The summed E-state index contributed by atoms with van der Waals surface area (Å²) in [6, 6.07) is 31.1. The lowest BCUT2D eigenvalue weighted by atomic mass is 9.70. The second-order valence-corrected chi connectivity index (χ2v) is 15.5. The van der Waals surface area contributed by atoms with Crippen molar-refractivity contribution in [2.75, 3.05) is 0 Å². The Balaban J connectivity index is 1.31. The molecular weight excluding hydrogens is 569 g/mol. The van der Waals surface area contributed by atoms with Crippen LogP contribution < -0.4 is 4.74 Å². The molecule has 4 aromatic carbocycles. The number of Topliss-reactive ketones (excluding diaryl/α,β-unsaturated/α-hetero) is 1. The van der Waals surface area contributed by atoms with E-state index in [0.717, 1.165) is 42.2 Å². The number of fused-ring (bicyclic) bond motifs is 5. The number of carbonyl (C=O) groups is 1. The Kier molecular flexibility index (Phi) is 8.91. The van der Waals surface area contributed by atoms with Crippen LogP contribution in [0.5, 0.6) is 11.5 Å². The molecule has 1 aliphatic heterocycles. The zero-order chi connectivity index (χ0) is 30.8. The molecule has 0 N–H and O–H groups in total. The van der Waals surface area contributed by atoms with Gasteiger partial charge in [0.2, 0.25) is 9.79 Å². The average molecular weight is 616 g/mol. The number of ketones is 1. The predicted molar refractivity (Wildman–Crippen MR) is 187 cm³/mol. The standard InChI is InChI=1S/C42H47O2S/c1-3-5-26-42(27-6-4-2)35-28-31(37(43)25-20-30-14-8-7-9-15-30)21-23-33(35)34-24-22-32(29-36(34)42)45-40-18-12-10-16-38(40)44-39-17-11-13-19-41(39)45/h10-13,16-19,21-24,28-30H,3-9,14-15,20,25-27H2,1-2H3/q+1. The Morgan fingerprint density at radius 1 is 0.756 bits per heavy atom. The molecule has 1 saturated carbocycles. The molecule has 2 nitrogen and oxygen atoms in total. The van der Waals surface area contributed by atoms with E-state index < -0.39 is 0 Å². The third-order valence-electron chi connectivity index (χ3n) is 10.7. The van der Waals surface area contributed by atoms with Gasteiger partial charge in [-0.1, -0.05) is 108 Å². The summed E-state index contributed by atoms with van der Waals surface area (Å²) in [6.45, 7) is 4.62. The number of hydrogen-bond donors (Lipinski definition) is 0. The largest absolute Gasteiger partial charge is 0.447 e. The Morgan fingerprint density at radius 2 is 1.36 bits per heavy atom. The van der Waals surface area contributed by atoms with Crippen molar-refractivity contribution in [2.45, 2.75) is 117 Å². The van der Waals surface area contributed by atoms with Crippen LogP contribution in [0.4, 0.5) is 0 Å². The highest BCUT2D eigenvalue weighted by atomic mass is 32.2. The molecule has 3 aliphatic rings. The van der Waals surface area contributed by atoms with Crippen LogP contribution in [0.25, 0.3) is 11.1 Å². The quantitative estimate of drug-likeness (QED) is 0.109. The highest BCUT2D eigenvalue weighted by molar-refractivity contribution is 7.97. The fraction of sp³-hybridized carbons (Fsp3) is 0.405. The molecule has 2 aliphatic carbocycles. The lowest BCUT2D eigenvalue weighted by Gasteiger charge is -2.33. The third kappa shape index (κ3) is 5.67. The minimum atomic E-state index is -0.257. The Morgan fingerprint density at radius 3 is 2.00 bits per heavy atom. The number of hydrogen-bond acceptors (Lipinski definition) is 2. The van der Waals surface area contributed by atoms with Crippen LogP contribution in [0.2, 0.25) is 0 Å². The molecule has 0 saturated heterocycles. The van der Waals surface area contributed by atoms with Crippen molar-refractivity contribution in [3.8, 4) is 22.6 Å². The van der Waals surface area contributed by atoms with Gasteiger partial charge in [0.1, 0.15) is 10.9 Å². The smallest absolute Gasteiger partial charge is 0.209 e. The number of benzene rings is 4. The van der Waals surface area contributed by atoms with E-state index in [1.165, 1.54) is 94.7 Å². The van der Waals surface area contributed by atoms with Gasteiger partial charge in [0.25, 0.3) is 0 Å². The van der Waals surface area contributed by atoms with Crippen LogP contribution in [-0.4, -0.2) is 5.78 Å². The zero-order valence-corrected chi connectivity index (χ0v) is 27.9. The molecule has 0 spiro atoms. The lowest BCUT2D eigenvalue weighted by molar-refractivity contribution is 0.0970. The van der Waals surface area contributed by atoms with Crippen molar-refractivity contribution in [3.05, 3.63) is 102 Å². The molecule has 0 atom stereocenters. The number of ether oxygens (including phenoxy) is 1. The third-order valence-corrected chi connectivity index (χ3v) is 12.9. The van der Waals surface area contributed by atoms with Crippen molar-refractivity contribution < 1.29 is 9.53 Å². The number of unbranched alkanes of at least 4 members (excludes halogenated alkanes) is 2. The summed E-state index contributed by atoms with van der Waals surface area (Å²) in [5.74, 6) is 2.98. The first-order chi connectivity index (χ1) is 22.1. The van der Waals surface area contributed by atoms with Crippen molar-refractivity contribution in [2.24, 2.45) is 5.92 Å². The lowest BCUT2D eigenvalue weighted by Crippen LogP contribution is -2.26. The van der Waals surface area contributed by atoms with E-state index in [-0.39, 0.29) is 16.3 Å². The van der Waals surface area contributed by atoms with E-state index in [2.05, 4.69) is 98.8 Å². The summed E-state index contributed by atoms with van der Waals surface area (Å²) in [6.07, 6.45) is 15.3. The summed E-state index contributed by atoms with van der Waals surface area (Å²) in [4.78, 5) is 17.5. The van der Waals surface area contributed by atoms with Crippen LogP contribution in [0, 0.1) is 5.92 Å². The summed E-state index contributed by atoms with van der Waals surface area (Å²) in [5, 5.41) is 0. The molecule has 0 amide bonds. The monoisotopic (exact) mass is 615 g/mol. The fourth-order valence-electron chi connectivity index (χ4n) is 8.25. The molecule has 232 valence electrons. The maximum absolute atomic E-state index is 13.7. The number of para-hydroxylation sites is 2. The van der Waals surface area contributed by atoms with E-state index in [4.69, 9.17) is 4.74 Å². The summed E-state index contributed by atoms with van der Waals surface area (Å²) < 4.78 is 6.39. The van der Waals surface area contributed by atoms with E-state index >= 15 is 0 Å². The van der Waals surface area contributed by atoms with Gasteiger partial charge >= 0.3 is 0 Å². The minimum Gasteiger partial charge on any atom is -0.447 e. The van der Waals surface area contributed by atoms with Gasteiger partial charge in [-0.15, -0.1) is 0 Å². The van der Waals surface area contributed by atoms with Crippen LogP contribution >= 0.6 is 0 Å². The van der Waals surface area contributed by atoms with E-state index in [0.29, 0.717) is 12.2 Å². The molecule has 7 rings (SSSR count). The van der Waals surface area contributed by atoms with Gasteiger partial charge in [0.05, 0.1) is 0 Å². The molecule has 1 heterocycles. The summed E-state index contributed by atoms with van der Waals surface area (Å²) >= 11 is 0. The fourth-order valence-corrected chi connectivity index (χ4v) is 10.5. The van der Waals surface area contributed by atoms with E-state index in [1.807, 2.05) is 0 Å². The molecular formula is C42H47O2S+. The van der Waals surface area contributed by atoms with Gasteiger partial charge < -0.3 is 4.74 Å². The van der Waals surface area contributed by atoms with Gasteiger partial charge in [-0.05, 0) is 96.0 Å². The van der Waals surface area contributed by atoms with Gasteiger partial charge in [-0.25, -0.2) is 0 Å². The summed E-state index contributed by atoms with van der Waals surface area (Å²) in [5.41, 5.74) is 6.42. The van der Waals surface area contributed by atoms with Crippen molar-refractivity contribution in [3.63, 3.8) is 0 Å². The second kappa shape index (κ2) is 13.2. The van der Waals surface area contributed by atoms with Gasteiger partial charge in [-0.3, -0.25) is 4.79 Å². The molecule has 3 heteroatoms.